The van der Waals surface area contributed by atoms with Crippen LogP contribution in [0.1, 0.15) is 36.0 Å². The van der Waals surface area contributed by atoms with E-state index in [0.29, 0.717) is 0 Å². The van der Waals surface area contributed by atoms with Gasteiger partial charge in [0.1, 0.15) is 0 Å². The molecule has 0 aromatic carbocycles. The number of nitrogens with zero attached hydrogens (tertiary/aromatic N) is 1. The molecular weight excluding hydrogens is 286 g/mol. The molecule has 1 amide bonds. The maximum atomic E-state index is 12.1. The average Bonchev–Trinajstić information content (AvgIpc) is 2.88. The minimum absolute atomic E-state index is 0.147. The summed E-state index contributed by atoms with van der Waals surface area (Å²) in [5.74, 6) is 0.866. The lowest BCUT2D eigenvalue weighted by Crippen LogP contribution is -2.30. The molecule has 0 atom stereocenters. The zero-order valence-corrected chi connectivity index (χ0v) is 11.8. The molecule has 1 heterocycles. The van der Waals surface area contributed by atoms with Crippen molar-refractivity contribution in [2.45, 2.75) is 25.7 Å². The molecule has 0 bridgehead atoms. The van der Waals surface area contributed by atoms with Crippen LogP contribution in [0.3, 0.4) is 0 Å². The van der Waals surface area contributed by atoms with E-state index in [-0.39, 0.29) is 5.91 Å². The first-order valence-corrected chi connectivity index (χ1v) is 7.33. The van der Waals surface area contributed by atoms with E-state index in [1.807, 2.05) is 23.4 Å². The average molecular weight is 302 g/mol. The molecule has 4 heteroatoms. The van der Waals surface area contributed by atoms with Crippen molar-refractivity contribution in [3.8, 4) is 0 Å². The van der Waals surface area contributed by atoms with Gasteiger partial charge in [0.25, 0.3) is 5.91 Å². The first kappa shape index (κ1) is 12.1. The van der Waals surface area contributed by atoms with Gasteiger partial charge in [0.05, 0.1) is 9.35 Å². The van der Waals surface area contributed by atoms with Crippen LogP contribution in [0, 0.1) is 5.92 Å². The maximum absolute atomic E-state index is 12.1. The summed E-state index contributed by atoms with van der Waals surface area (Å²) in [4.78, 5) is 13.9. The van der Waals surface area contributed by atoms with Crippen molar-refractivity contribution in [2.75, 3.05) is 13.6 Å². The van der Waals surface area contributed by atoms with Gasteiger partial charge in [-0.3, -0.25) is 4.79 Å². The first-order chi connectivity index (χ1) is 7.66. The van der Waals surface area contributed by atoms with Gasteiger partial charge in [0.2, 0.25) is 0 Å². The van der Waals surface area contributed by atoms with Crippen molar-refractivity contribution in [1.29, 1.82) is 0 Å². The summed E-state index contributed by atoms with van der Waals surface area (Å²) < 4.78 is 1.02. The number of halogens is 1. The molecule has 16 heavy (non-hydrogen) atoms. The topological polar surface area (TPSA) is 20.3 Å². The minimum atomic E-state index is 0.147. The summed E-state index contributed by atoms with van der Waals surface area (Å²) in [6.45, 7) is 0.909. The van der Waals surface area contributed by atoms with Crippen molar-refractivity contribution in [3.05, 3.63) is 20.8 Å². The van der Waals surface area contributed by atoms with Gasteiger partial charge in [-0.2, -0.15) is 0 Å². The van der Waals surface area contributed by atoms with E-state index < -0.39 is 0 Å². The Balaban J connectivity index is 1.93. The van der Waals surface area contributed by atoms with Crippen molar-refractivity contribution < 1.29 is 4.79 Å². The third-order valence-electron chi connectivity index (χ3n) is 3.17. The van der Waals surface area contributed by atoms with E-state index >= 15 is 0 Å². The summed E-state index contributed by atoms with van der Waals surface area (Å²) in [6.07, 6.45) is 5.23. The van der Waals surface area contributed by atoms with E-state index in [1.54, 1.807) is 11.3 Å². The fourth-order valence-electron chi connectivity index (χ4n) is 2.31. The van der Waals surface area contributed by atoms with Gasteiger partial charge in [0.15, 0.2) is 0 Å². The number of carbonyl (C=O) groups is 1. The van der Waals surface area contributed by atoms with Crippen LogP contribution in [0.2, 0.25) is 0 Å². The third-order valence-corrected chi connectivity index (χ3v) is 4.67. The highest BCUT2D eigenvalue weighted by atomic mass is 79.9. The molecule has 0 radical (unpaired) electrons. The molecular formula is C12H16BrNOS. The molecule has 0 aliphatic heterocycles. The van der Waals surface area contributed by atoms with Crippen molar-refractivity contribution >= 4 is 33.2 Å². The Morgan fingerprint density at radius 2 is 2.25 bits per heavy atom. The number of rotatable bonds is 3. The second-order valence-electron chi connectivity index (χ2n) is 4.48. The minimum Gasteiger partial charge on any atom is -0.341 e. The van der Waals surface area contributed by atoms with Gasteiger partial charge in [0, 0.05) is 19.0 Å². The molecule has 1 saturated carbocycles. The van der Waals surface area contributed by atoms with Crippen LogP contribution in [-0.4, -0.2) is 24.4 Å². The molecule has 0 N–H and O–H groups in total. The van der Waals surface area contributed by atoms with E-state index in [4.69, 9.17) is 0 Å². The van der Waals surface area contributed by atoms with E-state index in [1.165, 1.54) is 25.7 Å². The number of amides is 1. The Morgan fingerprint density at radius 1 is 1.56 bits per heavy atom. The summed E-state index contributed by atoms with van der Waals surface area (Å²) in [5, 5.41) is 1.91. The van der Waals surface area contributed by atoms with Crippen LogP contribution < -0.4 is 0 Å². The summed E-state index contributed by atoms with van der Waals surface area (Å²) in [7, 11) is 1.91. The predicted octanol–water partition coefficient (Wildman–Crippen LogP) is 3.77. The molecule has 1 aliphatic rings. The number of thiophene rings is 1. The summed E-state index contributed by atoms with van der Waals surface area (Å²) >= 11 is 4.95. The van der Waals surface area contributed by atoms with Gasteiger partial charge in [-0.15, -0.1) is 11.3 Å². The molecule has 1 aromatic heterocycles. The molecule has 0 spiro atoms. The second-order valence-corrected chi connectivity index (χ2v) is 6.77. The van der Waals surface area contributed by atoms with Gasteiger partial charge < -0.3 is 4.90 Å². The van der Waals surface area contributed by atoms with Gasteiger partial charge in [-0.25, -0.2) is 0 Å². The highest BCUT2D eigenvalue weighted by Crippen LogP contribution is 2.26. The van der Waals surface area contributed by atoms with E-state index in [0.717, 1.165) is 21.8 Å². The van der Waals surface area contributed by atoms with Crippen LogP contribution in [0.5, 0.6) is 0 Å². The van der Waals surface area contributed by atoms with E-state index in [9.17, 15) is 4.79 Å². The molecule has 1 fully saturated rings. The lowest BCUT2D eigenvalue weighted by atomic mass is 10.1. The highest BCUT2D eigenvalue weighted by molar-refractivity contribution is 9.11. The second kappa shape index (κ2) is 5.32. The molecule has 1 aliphatic carbocycles. The fraction of sp³-hybridized carbons (Fsp3) is 0.583. The zero-order valence-electron chi connectivity index (χ0n) is 9.41. The summed E-state index contributed by atoms with van der Waals surface area (Å²) in [5.41, 5.74) is 0.803. The molecule has 88 valence electrons. The SMILES string of the molecule is CN(CC1CCCC1)C(=O)c1csc(Br)c1. The number of hydrogen-bond acceptors (Lipinski definition) is 2. The molecule has 1 aromatic rings. The number of carbonyl (C=O) groups excluding carboxylic acids is 1. The fourth-order valence-corrected chi connectivity index (χ4v) is 3.44. The number of hydrogen-bond donors (Lipinski definition) is 0. The standard InChI is InChI=1S/C12H16BrNOS/c1-14(7-9-4-2-3-5-9)12(15)10-6-11(13)16-8-10/h6,8-9H,2-5,7H2,1H3. The Kier molecular flexibility index (Phi) is 4.03. The quantitative estimate of drug-likeness (QED) is 0.832. The van der Waals surface area contributed by atoms with Crippen LogP contribution in [0.15, 0.2) is 15.2 Å². The Bertz CT molecular complexity index is 371. The largest absolute Gasteiger partial charge is 0.341 e. The van der Waals surface area contributed by atoms with Crippen molar-refractivity contribution in [1.82, 2.24) is 4.90 Å². The highest BCUT2D eigenvalue weighted by Gasteiger charge is 2.20. The zero-order chi connectivity index (χ0) is 11.5. The lowest BCUT2D eigenvalue weighted by Gasteiger charge is -2.20. The molecule has 2 nitrogen and oxygen atoms in total. The van der Waals surface area contributed by atoms with Crippen LogP contribution in [-0.2, 0) is 0 Å². The lowest BCUT2D eigenvalue weighted by molar-refractivity contribution is 0.0774. The summed E-state index contributed by atoms with van der Waals surface area (Å²) in [6, 6.07) is 1.90. The van der Waals surface area contributed by atoms with Gasteiger partial charge in [-0.05, 0) is 40.8 Å². The van der Waals surface area contributed by atoms with Crippen molar-refractivity contribution in [3.63, 3.8) is 0 Å². The monoisotopic (exact) mass is 301 g/mol. The third kappa shape index (κ3) is 2.86. The van der Waals surface area contributed by atoms with Crippen LogP contribution >= 0.6 is 27.3 Å². The smallest absolute Gasteiger partial charge is 0.254 e. The Hall–Kier alpha value is -0.350. The van der Waals surface area contributed by atoms with E-state index in [2.05, 4.69) is 15.9 Å². The van der Waals surface area contributed by atoms with Crippen LogP contribution in [0.25, 0.3) is 0 Å². The molecule has 0 saturated heterocycles. The van der Waals surface area contributed by atoms with Gasteiger partial charge >= 0.3 is 0 Å². The Labute approximate surface area is 109 Å². The Morgan fingerprint density at radius 3 is 2.81 bits per heavy atom. The van der Waals surface area contributed by atoms with Gasteiger partial charge in [-0.1, -0.05) is 12.8 Å². The molecule has 0 unspecified atom stereocenters. The predicted molar refractivity (Wildman–Crippen MR) is 70.9 cm³/mol. The normalized spacial score (nSPS) is 16.6. The maximum Gasteiger partial charge on any atom is 0.254 e. The van der Waals surface area contributed by atoms with Crippen LogP contribution in [0.4, 0.5) is 0 Å². The molecule has 2 rings (SSSR count). The first-order valence-electron chi connectivity index (χ1n) is 5.66. The van der Waals surface area contributed by atoms with Crippen molar-refractivity contribution in [2.24, 2.45) is 5.92 Å².